The molecule has 2 aromatic rings. The van der Waals surface area contributed by atoms with Crippen LogP contribution >= 0.6 is 0 Å². The van der Waals surface area contributed by atoms with Gasteiger partial charge in [0.05, 0.1) is 22.9 Å². The molecule has 0 amide bonds. The van der Waals surface area contributed by atoms with Gasteiger partial charge >= 0.3 is 0 Å². The summed E-state index contributed by atoms with van der Waals surface area (Å²) in [6.07, 6.45) is 4.46. The molecule has 0 radical (unpaired) electrons. The van der Waals surface area contributed by atoms with Gasteiger partial charge in [0.2, 0.25) is 0 Å². The Bertz CT molecular complexity index is 573. The molecule has 0 saturated heterocycles. The predicted molar refractivity (Wildman–Crippen MR) is 79.4 cm³/mol. The molecule has 5 heteroatoms. The molecule has 1 N–H and O–H groups in total. The smallest absolute Gasteiger partial charge is 0.0890 e. The van der Waals surface area contributed by atoms with Gasteiger partial charge in [-0.15, -0.1) is 0 Å². The van der Waals surface area contributed by atoms with E-state index in [0.29, 0.717) is 6.54 Å². The number of hydrogen-bond donors (Lipinski definition) is 1. The Balaban J connectivity index is 1.86. The lowest BCUT2D eigenvalue weighted by Gasteiger charge is -2.09. The molecule has 0 aliphatic rings. The molecule has 2 atom stereocenters. The Morgan fingerprint density at radius 2 is 2.05 bits per heavy atom. The second-order valence-corrected chi connectivity index (χ2v) is 6.43. The summed E-state index contributed by atoms with van der Waals surface area (Å²) in [7, 11) is -0.745. The van der Waals surface area contributed by atoms with Crippen LogP contribution in [-0.2, 0) is 17.3 Å². The first-order valence-corrected chi connectivity index (χ1v) is 8.02. The molecule has 0 aliphatic carbocycles. The summed E-state index contributed by atoms with van der Waals surface area (Å²) in [6, 6.07) is 7.85. The van der Waals surface area contributed by atoms with Crippen molar-refractivity contribution < 1.29 is 4.21 Å². The van der Waals surface area contributed by atoms with Gasteiger partial charge in [0.25, 0.3) is 0 Å². The zero-order valence-corrected chi connectivity index (χ0v) is 12.1. The van der Waals surface area contributed by atoms with Crippen LogP contribution in [0.15, 0.2) is 30.5 Å². The van der Waals surface area contributed by atoms with Gasteiger partial charge in [-0.25, -0.2) is 4.98 Å². The van der Waals surface area contributed by atoms with Crippen molar-refractivity contribution in [1.29, 1.82) is 0 Å². The summed E-state index contributed by atoms with van der Waals surface area (Å²) in [5, 5.41) is 3.55. The average molecular weight is 277 g/mol. The first-order chi connectivity index (χ1) is 9.16. The summed E-state index contributed by atoms with van der Waals surface area (Å²) in [5.41, 5.74) is 2.77. The molecule has 0 fully saturated rings. The summed E-state index contributed by atoms with van der Waals surface area (Å²) >= 11 is 0. The molecule has 0 aliphatic heterocycles. The number of nitrogens with one attached hydrogen (secondary N) is 1. The first kappa shape index (κ1) is 14.1. The fourth-order valence-corrected chi connectivity index (χ4v) is 2.22. The molecular weight excluding hydrogens is 258 g/mol. The number of para-hydroxylation sites is 2. The van der Waals surface area contributed by atoms with Crippen molar-refractivity contribution in [2.45, 2.75) is 25.1 Å². The van der Waals surface area contributed by atoms with Crippen LogP contribution < -0.4 is 5.32 Å². The van der Waals surface area contributed by atoms with Crippen LogP contribution in [0.25, 0.3) is 11.0 Å². The highest BCUT2D eigenvalue weighted by Gasteiger charge is 2.05. The largest absolute Gasteiger partial charge is 0.311 e. The van der Waals surface area contributed by atoms with Gasteiger partial charge in [0.15, 0.2) is 0 Å². The van der Waals surface area contributed by atoms with Crippen molar-refractivity contribution in [3.8, 4) is 0 Å². The fourth-order valence-electron chi connectivity index (χ4n) is 1.77. The van der Waals surface area contributed by atoms with Gasteiger partial charge in [-0.3, -0.25) is 9.19 Å². The van der Waals surface area contributed by atoms with Crippen LogP contribution in [0, 0.1) is 0 Å². The third kappa shape index (κ3) is 4.08. The maximum absolute atomic E-state index is 11.2. The molecule has 0 spiro atoms. The molecule has 2 rings (SSSR count). The fraction of sp³-hybridized carbons (Fsp3) is 0.429. The lowest BCUT2D eigenvalue weighted by atomic mass is 10.3. The third-order valence-corrected chi connectivity index (χ3v) is 4.47. The molecule has 0 saturated carbocycles. The highest BCUT2D eigenvalue weighted by molar-refractivity contribution is 7.84. The van der Waals surface area contributed by atoms with Gasteiger partial charge in [-0.2, -0.15) is 0 Å². The van der Waals surface area contributed by atoms with Crippen LogP contribution in [0.1, 0.15) is 19.0 Å². The van der Waals surface area contributed by atoms with Crippen LogP contribution in [0.4, 0.5) is 0 Å². The second-order valence-electron chi connectivity index (χ2n) is 4.62. The predicted octanol–water partition coefficient (Wildman–Crippen LogP) is 1.88. The van der Waals surface area contributed by atoms with E-state index >= 15 is 0 Å². The number of nitrogens with zero attached hydrogens (tertiary/aromatic N) is 2. The molecule has 1 heterocycles. The minimum Gasteiger partial charge on any atom is -0.311 e. The van der Waals surface area contributed by atoms with E-state index in [4.69, 9.17) is 0 Å². The molecule has 19 heavy (non-hydrogen) atoms. The Kier molecular flexibility index (Phi) is 4.99. The number of rotatable bonds is 6. The second kappa shape index (κ2) is 6.73. The maximum Gasteiger partial charge on any atom is 0.0890 e. The van der Waals surface area contributed by atoms with Crippen molar-refractivity contribution in [3.63, 3.8) is 0 Å². The number of benzene rings is 1. The Morgan fingerprint density at radius 3 is 2.79 bits per heavy atom. The number of aromatic nitrogens is 2. The molecule has 1 aromatic heterocycles. The summed E-state index contributed by atoms with van der Waals surface area (Å²) in [5.74, 6) is 0. The van der Waals surface area contributed by atoms with Gasteiger partial charge in [0, 0.05) is 28.9 Å². The Labute approximate surface area is 116 Å². The van der Waals surface area contributed by atoms with E-state index in [2.05, 4.69) is 15.3 Å². The highest BCUT2D eigenvalue weighted by atomic mass is 32.2. The van der Waals surface area contributed by atoms with E-state index in [9.17, 15) is 4.21 Å². The van der Waals surface area contributed by atoms with Crippen molar-refractivity contribution in [2.75, 3.05) is 12.8 Å². The molecule has 102 valence electrons. The van der Waals surface area contributed by atoms with E-state index in [1.807, 2.05) is 31.2 Å². The van der Waals surface area contributed by atoms with Crippen molar-refractivity contribution in [3.05, 3.63) is 36.2 Å². The zero-order chi connectivity index (χ0) is 13.7. The normalized spacial score (nSPS) is 14.4. The maximum atomic E-state index is 11.2. The monoisotopic (exact) mass is 277 g/mol. The molecule has 0 bridgehead atoms. The first-order valence-electron chi connectivity index (χ1n) is 6.40. The van der Waals surface area contributed by atoms with E-state index < -0.39 is 10.8 Å². The molecular formula is C14H19N3OS. The van der Waals surface area contributed by atoms with E-state index in [-0.39, 0.29) is 5.25 Å². The van der Waals surface area contributed by atoms with Crippen LogP contribution in [-0.4, -0.2) is 32.2 Å². The number of fused-ring (bicyclic) bond motifs is 1. The van der Waals surface area contributed by atoms with Crippen LogP contribution in [0.5, 0.6) is 0 Å². The molecule has 4 nitrogen and oxygen atoms in total. The topological polar surface area (TPSA) is 54.9 Å². The van der Waals surface area contributed by atoms with Gasteiger partial charge in [-0.1, -0.05) is 19.1 Å². The zero-order valence-electron chi connectivity index (χ0n) is 11.3. The van der Waals surface area contributed by atoms with Crippen molar-refractivity contribution >= 4 is 21.8 Å². The molecule has 1 aromatic carbocycles. The van der Waals surface area contributed by atoms with Crippen LogP contribution in [0.2, 0.25) is 0 Å². The van der Waals surface area contributed by atoms with Crippen LogP contribution in [0.3, 0.4) is 0 Å². The van der Waals surface area contributed by atoms with Gasteiger partial charge < -0.3 is 5.32 Å². The van der Waals surface area contributed by atoms with E-state index in [1.54, 1.807) is 12.5 Å². The highest BCUT2D eigenvalue weighted by Crippen LogP contribution is 2.08. The minimum atomic E-state index is -0.745. The summed E-state index contributed by atoms with van der Waals surface area (Å²) in [6.45, 7) is 3.55. The third-order valence-electron chi connectivity index (χ3n) is 3.10. The number of hydrogen-bond acceptors (Lipinski definition) is 4. The SMILES string of the molecule is CC(CCNCc1cnc2ccccc2n1)S(C)=O. The Hall–Kier alpha value is -1.33. The van der Waals surface area contributed by atoms with E-state index in [1.165, 1.54) is 0 Å². The minimum absolute atomic E-state index is 0.232. The summed E-state index contributed by atoms with van der Waals surface area (Å²) in [4.78, 5) is 8.91. The van der Waals surface area contributed by atoms with E-state index in [0.717, 1.165) is 29.7 Å². The van der Waals surface area contributed by atoms with Crippen molar-refractivity contribution in [1.82, 2.24) is 15.3 Å². The summed E-state index contributed by atoms with van der Waals surface area (Å²) < 4.78 is 11.2. The lowest BCUT2D eigenvalue weighted by Crippen LogP contribution is -2.21. The quantitative estimate of drug-likeness (QED) is 0.819. The average Bonchev–Trinajstić information content (AvgIpc) is 2.43. The molecule has 2 unspecified atom stereocenters. The van der Waals surface area contributed by atoms with Gasteiger partial charge in [0.1, 0.15) is 0 Å². The Morgan fingerprint density at radius 1 is 1.32 bits per heavy atom. The standard InChI is InChI=1S/C14H19N3OS/c1-11(19(2)18)7-8-15-9-12-10-16-13-5-3-4-6-14(13)17-12/h3-6,10-11,15H,7-9H2,1-2H3. The van der Waals surface area contributed by atoms with Gasteiger partial charge in [-0.05, 0) is 25.1 Å². The van der Waals surface area contributed by atoms with Crippen molar-refractivity contribution in [2.24, 2.45) is 0 Å². The lowest BCUT2D eigenvalue weighted by molar-refractivity contribution is 0.623.